The number of anilines is 1. The Hall–Kier alpha value is -2.61. The molecule has 1 saturated heterocycles. The minimum atomic E-state index is -0.360. The van der Waals surface area contributed by atoms with E-state index in [1.807, 2.05) is 6.92 Å². The summed E-state index contributed by atoms with van der Waals surface area (Å²) in [5.74, 6) is -0.426. The zero-order valence-electron chi connectivity index (χ0n) is 14.2. The predicted octanol–water partition coefficient (Wildman–Crippen LogP) is 0.0799. The van der Waals surface area contributed by atoms with E-state index in [0.717, 1.165) is 11.3 Å². The van der Waals surface area contributed by atoms with E-state index >= 15 is 0 Å². The fourth-order valence-corrected chi connectivity index (χ4v) is 2.46. The maximum atomic E-state index is 11.9. The number of amides is 4. The smallest absolute Gasteiger partial charge is 0.324 e. The van der Waals surface area contributed by atoms with Gasteiger partial charge in [-0.1, -0.05) is 19.1 Å². The fraction of sp³-hybridized carbons (Fsp3) is 0.471. The Morgan fingerprint density at radius 1 is 1.32 bits per heavy atom. The highest BCUT2D eigenvalue weighted by atomic mass is 16.3. The van der Waals surface area contributed by atoms with Crippen molar-refractivity contribution in [2.45, 2.75) is 25.8 Å². The van der Waals surface area contributed by atoms with Gasteiger partial charge in [0, 0.05) is 18.8 Å². The Morgan fingerprint density at radius 3 is 2.60 bits per heavy atom. The number of hydrogen-bond acceptors (Lipinski definition) is 5. The first kappa shape index (κ1) is 18.7. The van der Waals surface area contributed by atoms with Crippen LogP contribution in [0.15, 0.2) is 24.3 Å². The molecular formula is C17H24N4O4. The SMILES string of the molecule is CC[C@@H](CO)NC(=O)Cc1ccc(NCC(=O)N2CCNC2=O)cc1. The highest BCUT2D eigenvalue weighted by Crippen LogP contribution is 2.10. The second-order valence-electron chi connectivity index (χ2n) is 5.86. The summed E-state index contributed by atoms with van der Waals surface area (Å²) in [7, 11) is 0. The summed E-state index contributed by atoms with van der Waals surface area (Å²) in [5.41, 5.74) is 1.57. The third kappa shape index (κ3) is 5.46. The van der Waals surface area contributed by atoms with Gasteiger partial charge in [-0.3, -0.25) is 14.5 Å². The minimum Gasteiger partial charge on any atom is -0.394 e. The van der Waals surface area contributed by atoms with Crippen molar-refractivity contribution in [3.8, 4) is 0 Å². The van der Waals surface area contributed by atoms with Gasteiger partial charge >= 0.3 is 6.03 Å². The lowest BCUT2D eigenvalue weighted by molar-refractivity contribution is -0.125. The van der Waals surface area contributed by atoms with Crippen LogP contribution in [0.1, 0.15) is 18.9 Å². The molecule has 0 spiro atoms. The molecule has 1 aliphatic rings. The number of urea groups is 1. The molecule has 4 N–H and O–H groups in total. The molecule has 8 heteroatoms. The molecule has 136 valence electrons. The molecule has 0 unspecified atom stereocenters. The third-order valence-corrected chi connectivity index (χ3v) is 4.00. The number of aliphatic hydroxyl groups excluding tert-OH is 1. The van der Waals surface area contributed by atoms with Gasteiger partial charge in [-0.15, -0.1) is 0 Å². The van der Waals surface area contributed by atoms with E-state index in [2.05, 4.69) is 16.0 Å². The number of rotatable bonds is 8. The standard InChI is InChI=1S/C17H24N4O4/c1-2-13(11-22)20-15(23)9-12-3-5-14(6-4-12)19-10-16(24)21-8-7-18-17(21)25/h3-6,13,19,22H,2,7-11H2,1H3,(H,18,25)(H,20,23)/t13-/m0/s1. The summed E-state index contributed by atoms with van der Waals surface area (Å²) in [5, 5.41) is 17.4. The molecular weight excluding hydrogens is 324 g/mol. The molecule has 1 fully saturated rings. The number of aliphatic hydroxyl groups is 1. The van der Waals surface area contributed by atoms with Gasteiger partial charge in [0.1, 0.15) is 0 Å². The van der Waals surface area contributed by atoms with Gasteiger partial charge in [-0.2, -0.15) is 0 Å². The summed E-state index contributed by atoms with van der Waals surface area (Å²) in [6, 6.07) is 6.58. The Labute approximate surface area is 146 Å². The second kappa shape index (κ2) is 9.03. The molecule has 0 aliphatic carbocycles. The first-order chi connectivity index (χ1) is 12.0. The number of benzene rings is 1. The van der Waals surface area contributed by atoms with Gasteiger partial charge in [0.05, 0.1) is 25.6 Å². The van der Waals surface area contributed by atoms with Crippen LogP contribution in [0.3, 0.4) is 0 Å². The molecule has 1 atom stereocenters. The van der Waals surface area contributed by atoms with E-state index in [4.69, 9.17) is 5.11 Å². The van der Waals surface area contributed by atoms with Crippen molar-refractivity contribution in [3.63, 3.8) is 0 Å². The predicted molar refractivity (Wildman–Crippen MR) is 93.1 cm³/mol. The largest absolute Gasteiger partial charge is 0.394 e. The Morgan fingerprint density at radius 2 is 2.04 bits per heavy atom. The number of nitrogens with one attached hydrogen (secondary N) is 3. The van der Waals surface area contributed by atoms with E-state index < -0.39 is 0 Å². The second-order valence-corrected chi connectivity index (χ2v) is 5.86. The number of carbonyl (C=O) groups excluding carboxylic acids is 3. The van der Waals surface area contributed by atoms with Crippen LogP contribution in [0.25, 0.3) is 0 Å². The number of imide groups is 1. The molecule has 1 aromatic rings. The molecule has 1 heterocycles. The van der Waals surface area contributed by atoms with Crippen LogP contribution in [-0.2, 0) is 16.0 Å². The summed E-state index contributed by atoms with van der Waals surface area (Å²) in [6.07, 6.45) is 0.901. The zero-order valence-corrected chi connectivity index (χ0v) is 14.2. The molecule has 0 bridgehead atoms. The van der Waals surface area contributed by atoms with Crippen LogP contribution in [0, 0.1) is 0 Å². The van der Waals surface area contributed by atoms with Crippen molar-refractivity contribution in [2.24, 2.45) is 0 Å². The summed E-state index contributed by atoms with van der Waals surface area (Å²) >= 11 is 0. The average molecular weight is 348 g/mol. The van der Waals surface area contributed by atoms with Gasteiger partial charge in [-0.05, 0) is 24.1 Å². The van der Waals surface area contributed by atoms with Crippen molar-refractivity contribution < 1.29 is 19.5 Å². The van der Waals surface area contributed by atoms with Crippen molar-refractivity contribution in [1.29, 1.82) is 0 Å². The maximum Gasteiger partial charge on any atom is 0.324 e. The lowest BCUT2D eigenvalue weighted by atomic mass is 10.1. The van der Waals surface area contributed by atoms with Crippen LogP contribution >= 0.6 is 0 Å². The van der Waals surface area contributed by atoms with E-state index in [9.17, 15) is 14.4 Å². The lowest BCUT2D eigenvalue weighted by Crippen LogP contribution is -2.38. The van der Waals surface area contributed by atoms with Crippen LogP contribution in [0.5, 0.6) is 0 Å². The highest BCUT2D eigenvalue weighted by Gasteiger charge is 2.25. The molecule has 8 nitrogen and oxygen atoms in total. The Kier molecular flexibility index (Phi) is 6.76. The maximum absolute atomic E-state index is 11.9. The normalized spacial score (nSPS) is 14.8. The number of carbonyl (C=O) groups is 3. The molecule has 25 heavy (non-hydrogen) atoms. The number of hydrogen-bond donors (Lipinski definition) is 4. The van der Waals surface area contributed by atoms with E-state index in [0.29, 0.717) is 19.5 Å². The average Bonchev–Trinajstić information content (AvgIpc) is 3.05. The van der Waals surface area contributed by atoms with Gasteiger partial charge in [0.25, 0.3) is 0 Å². The quantitative estimate of drug-likeness (QED) is 0.532. The fourth-order valence-electron chi connectivity index (χ4n) is 2.46. The molecule has 0 aromatic heterocycles. The van der Waals surface area contributed by atoms with Crippen molar-refractivity contribution in [3.05, 3.63) is 29.8 Å². The zero-order chi connectivity index (χ0) is 18.2. The van der Waals surface area contributed by atoms with Gasteiger partial charge < -0.3 is 21.1 Å². The molecule has 4 amide bonds. The Bertz CT molecular complexity index is 614. The van der Waals surface area contributed by atoms with Gasteiger partial charge in [0.2, 0.25) is 11.8 Å². The third-order valence-electron chi connectivity index (χ3n) is 4.00. The van der Waals surface area contributed by atoms with Gasteiger partial charge in [0.15, 0.2) is 0 Å². The topological polar surface area (TPSA) is 111 Å². The molecule has 1 aliphatic heterocycles. The number of nitrogens with zero attached hydrogens (tertiary/aromatic N) is 1. The minimum absolute atomic E-state index is 0.0297. The first-order valence-electron chi connectivity index (χ1n) is 8.34. The van der Waals surface area contributed by atoms with Crippen LogP contribution in [-0.4, -0.2) is 60.1 Å². The van der Waals surface area contributed by atoms with E-state index in [1.165, 1.54) is 4.90 Å². The van der Waals surface area contributed by atoms with Crippen molar-refractivity contribution >= 4 is 23.5 Å². The lowest BCUT2D eigenvalue weighted by Gasteiger charge is -2.14. The summed E-state index contributed by atoms with van der Waals surface area (Å²) in [4.78, 5) is 36.4. The first-order valence-corrected chi connectivity index (χ1v) is 8.34. The van der Waals surface area contributed by atoms with Gasteiger partial charge in [-0.25, -0.2) is 4.79 Å². The van der Waals surface area contributed by atoms with Crippen LogP contribution in [0.4, 0.5) is 10.5 Å². The monoisotopic (exact) mass is 348 g/mol. The summed E-state index contributed by atoms with van der Waals surface area (Å²) < 4.78 is 0. The van der Waals surface area contributed by atoms with E-state index in [-0.39, 0.29) is 43.5 Å². The molecule has 1 aromatic carbocycles. The molecule has 2 rings (SSSR count). The van der Waals surface area contributed by atoms with E-state index in [1.54, 1.807) is 24.3 Å². The van der Waals surface area contributed by atoms with Crippen LogP contribution in [0.2, 0.25) is 0 Å². The van der Waals surface area contributed by atoms with Crippen molar-refractivity contribution in [2.75, 3.05) is 31.6 Å². The van der Waals surface area contributed by atoms with Crippen LogP contribution < -0.4 is 16.0 Å². The molecule has 0 radical (unpaired) electrons. The highest BCUT2D eigenvalue weighted by molar-refractivity contribution is 5.97. The van der Waals surface area contributed by atoms with Crippen molar-refractivity contribution in [1.82, 2.24) is 15.5 Å². The summed E-state index contributed by atoms with van der Waals surface area (Å²) in [6.45, 7) is 2.72. The molecule has 0 saturated carbocycles. The Balaban J connectivity index is 1.80.